The molecule has 1 amide bonds. The third kappa shape index (κ3) is 5.35. The maximum atomic E-state index is 13.0. The number of ether oxygens (including phenoxy) is 2. The summed E-state index contributed by atoms with van der Waals surface area (Å²) in [6, 6.07) is 9.45. The van der Waals surface area contributed by atoms with E-state index in [4.69, 9.17) is 9.47 Å². The number of piperazine rings is 1. The molecule has 1 fully saturated rings. The lowest BCUT2D eigenvalue weighted by Crippen LogP contribution is -2.49. The molecule has 0 radical (unpaired) electrons. The zero-order chi connectivity index (χ0) is 23.6. The monoisotopic (exact) mass is 484 g/mol. The van der Waals surface area contributed by atoms with E-state index in [9.17, 15) is 26.4 Å². The predicted molar refractivity (Wildman–Crippen MR) is 114 cm³/mol. The molecule has 2 heterocycles. The molecule has 2 aliphatic rings. The maximum absolute atomic E-state index is 13.0. The second kappa shape index (κ2) is 9.12. The van der Waals surface area contributed by atoms with Crippen LogP contribution in [0.4, 0.5) is 18.9 Å². The van der Waals surface area contributed by atoms with Crippen LogP contribution in [-0.4, -0.2) is 64.4 Å². The van der Waals surface area contributed by atoms with Gasteiger partial charge in [0.1, 0.15) is 13.2 Å². The summed E-state index contributed by atoms with van der Waals surface area (Å²) < 4.78 is 75.1. The van der Waals surface area contributed by atoms with Gasteiger partial charge in [0.05, 0.1) is 16.2 Å². The number of nitrogens with zero attached hydrogens (tertiary/aromatic N) is 2. The minimum absolute atomic E-state index is 0.0638. The SMILES string of the molecule is O=C(CCS(=O)(=O)c1ccc2c(c1)OCCO2)N1CCN(c2cccc(C(F)(F)F)c2)CC1. The lowest BCUT2D eigenvalue weighted by atomic mass is 10.1. The highest BCUT2D eigenvalue weighted by molar-refractivity contribution is 7.91. The Bertz CT molecular complexity index is 1130. The largest absolute Gasteiger partial charge is 0.486 e. The van der Waals surface area contributed by atoms with Crippen molar-refractivity contribution in [3.63, 3.8) is 0 Å². The number of alkyl halides is 3. The first kappa shape index (κ1) is 23.2. The number of halogens is 3. The molecular formula is C22H23F3N2O5S. The first-order chi connectivity index (χ1) is 15.6. The van der Waals surface area contributed by atoms with E-state index in [1.807, 2.05) is 0 Å². The summed E-state index contributed by atoms with van der Waals surface area (Å²) in [4.78, 5) is 16.0. The maximum Gasteiger partial charge on any atom is 0.416 e. The van der Waals surface area contributed by atoms with Crippen LogP contribution in [0.5, 0.6) is 11.5 Å². The number of fused-ring (bicyclic) bond motifs is 1. The van der Waals surface area contributed by atoms with Crippen molar-refractivity contribution >= 4 is 21.4 Å². The molecule has 33 heavy (non-hydrogen) atoms. The average Bonchev–Trinajstić information content (AvgIpc) is 2.82. The quantitative estimate of drug-likeness (QED) is 0.650. The van der Waals surface area contributed by atoms with Gasteiger partial charge in [0.2, 0.25) is 5.91 Å². The summed E-state index contributed by atoms with van der Waals surface area (Å²) in [6.07, 6.45) is -4.60. The molecule has 0 unspecified atom stereocenters. The fourth-order valence-corrected chi connectivity index (χ4v) is 5.05. The van der Waals surface area contributed by atoms with E-state index in [0.717, 1.165) is 12.1 Å². The molecule has 2 aromatic carbocycles. The first-order valence-corrected chi connectivity index (χ1v) is 12.1. The van der Waals surface area contributed by atoms with Crippen LogP contribution in [0.15, 0.2) is 47.4 Å². The third-order valence-electron chi connectivity index (χ3n) is 5.63. The number of rotatable bonds is 5. The fraction of sp³-hybridized carbons (Fsp3) is 0.409. The molecule has 2 aromatic rings. The van der Waals surface area contributed by atoms with Gasteiger partial charge in [-0.25, -0.2) is 8.42 Å². The molecule has 2 aliphatic heterocycles. The van der Waals surface area contributed by atoms with Crippen LogP contribution in [-0.2, 0) is 20.8 Å². The van der Waals surface area contributed by atoms with Crippen molar-refractivity contribution in [2.24, 2.45) is 0 Å². The van der Waals surface area contributed by atoms with Crippen LogP contribution >= 0.6 is 0 Å². The Balaban J connectivity index is 1.32. The van der Waals surface area contributed by atoms with E-state index >= 15 is 0 Å². The Morgan fingerprint density at radius 1 is 0.939 bits per heavy atom. The summed E-state index contributed by atoms with van der Waals surface area (Å²) >= 11 is 0. The van der Waals surface area contributed by atoms with Crippen molar-refractivity contribution in [2.45, 2.75) is 17.5 Å². The van der Waals surface area contributed by atoms with Crippen LogP contribution in [0, 0.1) is 0 Å². The van der Waals surface area contributed by atoms with Gasteiger partial charge in [-0.3, -0.25) is 4.79 Å². The van der Waals surface area contributed by atoms with Crippen molar-refractivity contribution in [2.75, 3.05) is 50.0 Å². The van der Waals surface area contributed by atoms with Gasteiger partial charge in [-0.2, -0.15) is 13.2 Å². The van der Waals surface area contributed by atoms with E-state index in [1.165, 1.54) is 24.3 Å². The molecule has 7 nitrogen and oxygen atoms in total. The second-order valence-corrected chi connectivity index (χ2v) is 9.90. The second-order valence-electron chi connectivity index (χ2n) is 7.79. The highest BCUT2D eigenvalue weighted by atomic mass is 32.2. The molecule has 178 valence electrons. The number of carbonyl (C=O) groups is 1. The molecule has 0 saturated carbocycles. The molecule has 0 atom stereocenters. The van der Waals surface area contributed by atoms with Gasteiger partial charge in [-0.15, -0.1) is 0 Å². The van der Waals surface area contributed by atoms with Crippen molar-refractivity contribution in [3.8, 4) is 11.5 Å². The molecule has 0 N–H and O–H groups in total. The number of hydrogen-bond donors (Lipinski definition) is 0. The lowest BCUT2D eigenvalue weighted by molar-refractivity contribution is -0.137. The molecule has 0 aliphatic carbocycles. The molecule has 11 heteroatoms. The van der Waals surface area contributed by atoms with Crippen LogP contribution in [0.25, 0.3) is 0 Å². The Kier molecular flexibility index (Phi) is 6.42. The summed E-state index contributed by atoms with van der Waals surface area (Å²) in [6.45, 7) is 2.07. The topological polar surface area (TPSA) is 76.1 Å². The highest BCUT2D eigenvalue weighted by Crippen LogP contribution is 2.33. The normalized spacial score (nSPS) is 16.6. The molecule has 0 bridgehead atoms. The first-order valence-electron chi connectivity index (χ1n) is 10.5. The minimum atomic E-state index is -4.42. The number of carbonyl (C=O) groups excluding carboxylic acids is 1. The van der Waals surface area contributed by atoms with Gasteiger partial charge < -0.3 is 19.3 Å². The lowest BCUT2D eigenvalue weighted by Gasteiger charge is -2.36. The number of benzene rings is 2. The zero-order valence-corrected chi connectivity index (χ0v) is 18.5. The molecule has 4 rings (SSSR count). The average molecular weight is 484 g/mol. The standard InChI is InChI=1S/C22H23F3N2O5S/c23-22(24,25)16-2-1-3-17(14-16)26-7-9-27(10-8-26)21(28)6-13-33(29,30)18-4-5-19-20(15-18)32-12-11-31-19/h1-5,14-15H,6-13H2. The van der Waals surface area contributed by atoms with Crippen molar-refractivity contribution in [1.29, 1.82) is 0 Å². The van der Waals surface area contributed by atoms with Crippen molar-refractivity contribution in [3.05, 3.63) is 48.0 Å². The van der Waals surface area contributed by atoms with Crippen LogP contribution in [0.3, 0.4) is 0 Å². The number of amides is 1. The zero-order valence-electron chi connectivity index (χ0n) is 17.7. The molecular weight excluding hydrogens is 461 g/mol. The predicted octanol–water partition coefficient (Wildman–Crippen LogP) is 2.99. The van der Waals surface area contributed by atoms with Crippen LogP contribution in [0.2, 0.25) is 0 Å². The smallest absolute Gasteiger partial charge is 0.416 e. The van der Waals surface area contributed by atoms with Crippen molar-refractivity contribution in [1.82, 2.24) is 4.90 Å². The van der Waals surface area contributed by atoms with Crippen LogP contribution in [0.1, 0.15) is 12.0 Å². The third-order valence-corrected chi connectivity index (χ3v) is 7.34. The Hall–Kier alpha value is -2.95. The van der Waals surface area contributed by atoms with E-state index in [2.05, 4.69) is 0 Å². The molecule has 1 saturated heterocycles. The summed E-state index contributed by atoms with van der Waals surface area (Å²) in [7, 11) is -3.70. The van der Waals surface area contributed by atoms with Gasteiger partial charge in [0.15, 0.2) is 21.3 Å². The van der Waals surface area contributed by atoms with Crippen molar-refractivity contribution < 1.29 is 35.9 Å². The number of hydrogen-bond acceptors (Lipinski definition) is 6. The van der Waals surface area contributed by atoms with E-state index in [-0.39, 0.29) is 23.0 Å². The van der Waals surface area contributed by atoms with E-state index in [1.54, 1.807) is 15.9 Å². The van der Waals surface area contributed by atoms with Gasteiger partial charge >= 0.3 is 6.18 Å². The molecule has 0 aromatic heterocycles. The van der Waals surface area contributed by atoms with E-state index < -0.39 is 21.6 Å². The Labute approximate surface area is 189 Å². The number of anilines is 1. The minimum Gasteiger partial charge on any atom is -0.486 e. The fourth-order valence-electron chi connectivity index (χ4n) is 3.81. The Morgan fingerprint density at radius 3 is 2.33 bits per heavy atom. The van der Waals surface area contributed by atoms with Gasteiger partial charge in [0, 0.05) is 44.4 Å². The van der Waals surface area contributed by atoms with Gasteiger partial charge in [-0.1, -0.05) is 6.07 Å². The van der Waals surface area contributed by atoms with Crippen LogP contribution < -0.4 is 14.4 Å². The van der Waals surface area contributed by atoms with Gasteiger partial charge in [-0.05, 0) is 30.3 Å². The van der Waals surface area contributed by atoms with Gasteiger partial charge in [0.25, 0.3) is 0 Å². The summed E-state index contributed by atoms with van der Waals surface area (Å²) in [5, 5.41) is 0. The Morgan fingerprint density at radius 2 is 1.64 bits per heavy atom. The number of sulfone groups is 1. The highest BCUT2D eigenvalue weighted by Gasteiger charge is 2.31. The summed E-state index contributed by atoms with van der Waals surface area (Å²) in [5.41, 5.74) is -0.277. The summed E-state index contributed by atoms with van der Waals surface area (Å²) in [5.74, 6) is 0.188. The van der Waals surface area contributed by atoms with E-state index in [0.29, 0.717) is 56.6 Å². The molecule has 0 spiro atoms.